The summed E-state index contributed by atoms with van der Waals surface area (Å²) in [7, 11) is 0. The molecule has 0 radical (unpaired) electrons. The van der Waals surface area contributed by atoms with Crippen molar-refractivity contribution in [3.63, 3.8) is 0 Å². The SMILES string of the molecule is CC(=O)N(Cc1ccc(F)cc1)[C@@H](C)C(=O)NCc1ccc2c(c1)OCO2. The van der Waals surface area contributed by atoms with E-state index in [1.165, 1.54) is 24.0 Å². The third kappa shape index (κ3) is 4.55. The monoisotopic (exact) mass is 372 g/mol. The molecule has 0 aromatic heterocycles. The van der Waals surface area contributed by atoms with Crippen LogP contribution in [0.1, 0.15) is 25.0 Å². The molecule has 0 saturated heterocycles. The van der Waals surface area contributed by atoms with Crippen LogP contribution in [0, 0.1) is 5.82 Å². The Bertz CT molecular complexity index is 838. The van der Waals surface area contributed by atoms with Crippen LogP contribution in [0.3, 0.4) is 0 Å². The highest BCUT2D eigenvalue weighted by Crippen LogP contribution is 2.32. The molecule has 1 N–H and O–H groups in total. The number of nitrogens with one attached hydrogen (secondary N) is 1. The lowest BCUT2D eigenvalue weighted by Gasteiger charge is -2.27. The Kier molecular flexibility index (Phi) is 5.59. The zero-order chi connectivity index (χ0) is 19.4. The number of hydrogen-bond donors (Lipinski definition) is 1. The number of fused-ring (bicyclic) bond motifs is 1. The number of carbonyl (C=O) groups is 2. The Balaban J connectivity index is 1.61. The average molecular weight is 372 g/mol. The third-order valence-electron chi connectivity index (χ3n) is 4.42. The average Bonchev–Trinajstić information content (AvgIpc) is 3.12. The van der Waals surface area contributed by atoms with Gasteiger partial charge < -0.3 is 19.7 Å². The third-order valence-corrected chi connectivity index (χ3v) is 4.42. The van der Waals surface area contributed by atoms with Crippen molar-refractivity contribution in [1.82, 2.24) is 10.2 Å². The second kappa shape index (κ2) is 8.07. The molecule has 2 aromatic carbocycles. The second-order valence-electron chi connectivity index (χ2n) is 6.35. The van der Waals surface area contributed by atoms with Gasteiger partial charge in [0.2, 0.25) is 18.6 Å². The smallest absolute Gasteiger partial charge is 0.242 e. The molecule has 1 aliphatic heterocycles. The van der Waals surface area contributed by atoms with Crippen LogP contribution in [-0.4, -0.2) is 29.5 Å². The lowest BCUT2D eigenvalue weighted by Crippen LogP contribution is -2.46. The van der Waals surface area contributed by atoms with Gasteiger partial charge in [0.1, 0.15) is 11.9 Å². The molecule has 0 unspecified atom stereocenters. The zero-order valence-electron chi connectivity index (χ0n) is 15.2. The van der Waals surface area contributed by atoms with Crippen LogP contribution in [0.4, 0.5) is 4.39 Å². The van der Waals surface area contributed by atoms with E-state index in [1.54, 1.807) is 25.1 Å². The van der Waals surface area contributed by atoms with Crippen LogP contribution < -0.4 is 14.8 Å². The number of carbonyl (C=O) groups excluding carboxylic acids is 2. The summed E-state index contributed by atoms with van der Waals surface area (Å²) in [4.78, 5) is 26.0. The molecule has 27 heavy (non-hydrogen) atoms. The Morgan fingerprint density at radius 1 is 1.11 bits per heavy atom. The van der Waals surface area contributed by atoms with Gasteiger partial charge in [-0.2, -0.15) is 0 Å². The summed E-state index contributed by atoms with van der Waals surface area (Å²) in [6, 6.07) is 10.7. The fourth-order valence-corrected chi connectivity index (χ4v) is 2.84. The van der Waals surface area contributed by atoms with E-state index in [0.717, 1.165) is 11.1 Å². The molecule has 0 saturated carbocycles. The molecular formula is C20H21FN2O4. The summed E-state index contributed by atoms with van der Waals surface area (Å²) < 4.78 is 23.6. The molecule has 2 amide bonds. The molecule has 0 spiro atoms. The summed E-state index contributed by atoms with van der Waals surface area (Å²) in [6.07, 6.45) is 0. The highest BCUT2D eigenvalue weighted by Gasteiger charge is 2.24. The van der Waals surface area contributed by atoms with Gasteiger partial charge in [0.15, 0.2) is 11.5 Å². The summed E-state index contributed by atoms with van der Waals surface area (Å²) in [5, 5.41) is 2.83. The quantitative estimate of drug-likeness (QED) is 0.846. The molecule has 3 rings (SSSR count). The molecule has 0 fully saturated rings. The van der Waals surface area contributed by atoms with Crippen LogP contribution in [0.25, 0.3) is 0 Å². The van der Waals surface area contributed by atoms with Crippen molar-refractivity contribution >= 4 is 11.8 Å². The van der Waals surface area contributed by atoms with Crippen molar-refractivity contribution in [3.05, 3.63) is 59.4 Å². The normalized spacial score (nSPS) is 13.1. The van der Waals surface area contributed by atoms with Gasteiger partial charge in [-0.05, 0) is 42.3 Å². The molecule has 0 bridgehead atoms. The minimum atomic E-state index is -0.665. The van der Waals surface area contributed by atoms with Gasteiger partial charge in [-0.1, -0.05) is 18.2 Å². The van der Waals surface area contributed by atoms with E-state index in [4.69, 9.17) is 9.47 Å². The second-order valence-corrected chi connectivity index (χ2v) is 6.35. The Hall–Kier alpha value is -3.09. The minimum Gasteiger partial charge on any atom is -0.454 e. The predicted octanol–water partition coefficient (Wildman–Crippen LogP) is 2.61. The van der Waals surface area contributed by atoms with Crippen LogP contribution in [-0.2, 0) is 22.7 Å². The standard InChI is InChI=1S/C20H21FN2O4/c1-13(23(14(2)24)11-15-3-6-17(21)7-4-15)20(25)22-10-16-5-8-18-19(9-16)27-12-26-18/h3-9,13H,10-12H2,1-2H3,(H,22,25)/t13-/m0/s1. The number of rotatable bonds is 6. The Morgan fingerprint density at radius 3 is 2.48 bits per heavy atom. The van der Waals surface area contributed by atoms with Crippen molar-refractivity contribution in [2.75, 3.05) is 6.79 Å². The van der Waals surface area contributed by atoms with E-state index in [0.29, 0.717) is 18.0 Å². The van der Waals surface area contributed by atoms with Crippen molar-refractivity contribution in [2.45, 2.75) is 33.0 Å². The van der Waals surface area contributed by atoms with Gasteiger partial charge in [0.25, 0.3) is 0 Å². The number of amides is 2. The maximum Gasteiger partial charge on any atom is 0.242 e. The van der Waals surface area contributed by atoms with Gasteiger partial charge >= 0.3 is 0 Å². The highest BCUT2D eigenvalue weighted by molar-refractivity contribution is 5.86. The van der Waals surface area contributed by atoms with Crippen LogP contribution >= 0.6 is 0 Å². The first-order chi connectivity index (χ1) is 12.9. The molecular weight excluding hydrogens is 351 g/mol. The van der Waals surface area contributed by atoms with Crippen LogP contribution in [0.15, 0.2) is 42.5 Å². The molecule has 6 nitrogen and oxygen atoms in total. The van der Waals surface area contributed by atoms with Crippen molar-refractivity contribution in [1.29, 1.82) is 0 Å². The number of hydrogen-bond acceptors (Lipinski definition) is 4. The van der Waals surface area contributed by atoms with E-state index >= 15 is 0 Å². The Morgan fingerprint density at radius 2 is 1.78 bits per heavy atom. The molecule has 7 heteroatoms. The largest absolute Gasteiger partial charge is 0.454 e. The molecule has 1 heterocycles. The highest BCUT2D eigenvalue weighted by atomic mass is 19.1. The van der Waals surface area contributed by atoms with Gasteiger partial charge in [-0.15, -0.1) is 0 Å². The van der Waals surface area contributed by atoms with Gasteiger partial charge in [0, 0.05) is 20.0 Å². The van der Waals surface area contributed by atoms with E-state index in [9.17, 15) is 14.0 Å². The first kappa shape index (κ1) is 18.7. The van der Waals surface area contributed by atoms with Crippen molar-refractivity contribution < 1.29 is 23.5 Å². The minimum absolute atomic E-state index is 0.194. The van der Waals surface area contributed by atoms with E-state index in [1.807, 2.05) is 12.1 Å². The fraction of sp³-hybridized carbons (Fsp3) is 0.300. The van der Waals surface area contributed by atoms with Gasteiger partial charge in [0.05, 0.1) is 0 Å². The lowest BCUT2D eigenvalue weighted by atomic mass is 10.1. The maximum atomic E-state index is 13.1. The van der Waals surface area contributed by atoms with Gasteiger partial charge in [-0.25, -0.2) is 4.39 Å². The van der Waals surface area contributed by atoms with Crippen LogP contribution in [0.2, 0.25) is 0 Å². The van der Waals surface area contributed by atoms with Crippen molar-refractivity contribution in [3.8, 4) is 11.5 Å². The number of benzene rings is 2. The molecule has 2 aromatic rings. The summed E-state index contributed by atoms with van der Waals surface area (Å²) in [6.45, 7) is 3.81. The predicted molar refractivity (Wildman–Crippen MR) is 96.5 cm³/mol. The van der Waals surface area contributed by atoms with E-state index < -0.39 is 6.04 Å². The first-order valence-electron chi connectivity index (χ1n) is 8.62. The lowest BCUT2D eigenvalue weighted by molar-refractivity contribution is -0.139. The number of halogens is 1. The topological polar surface area (TPSA) is 67.9 Å². The van der Waals surface area contributed by atoms with Crippen molar-refractivity contribution in [2.24, 2.45) is 0 Å². The molecule has 1 aliphatic rings. The molecule has 142 valence electrons. The Labute approximate surface area is 156 Å². The first-order valence-corrected chi connectivity index (χ1v) is 8.62. The summed E-state index contributed by atoms with van der Waals surface area (Å²) in [5.41, 5.74) is 1.62. The van der Waals surface area contributed by atoms with E-state index in [-0.39, 0.29) is 31.0 Å². The molecule has 0 aliphatic carbocycles. The van der Waals surface area contributed by atoms with Gasteiger partial charge in [-0.3, -0.25) is 9.59 Å². The van der Waals surface area contributed by atoms with Crippen LogP contribution in [0.5, 0.6) is 11.5 Å². The summed E-state index contributed by atoms with van der Waals surface area (Å²) >= 11 is 0. The fourth-order valence-electron chi connectivity index (χ4n) is 2.84. The zero-order valence-corrected chi connectivity index (χ0v) is 15.2. The number of ether oxygens (including phenoxy) is 2. The number of nitrogens with zero attached hydrogens (tertiary/aromatic N) is 1. The summed E-state index contributed by atoms with van der Waals surface area (Å²) in [5.74, 6) is 0.481. The molecule has 1 atom stereocenters. The van der Waals surface area contributed by atoms with E-state index in [2.05, 4.69) is 5.32 Å². The maximum absolute atomic E-state index is 13.1.